The second kappa shape index (κ2) is 15.8. The largest absolute Gasteiger partial charge is 0.497 e. The van der Waals surface area contributed by atoms with Crippen LogP contribution in [0.1, 0.15) is 63.5 Å². The van der Waals surface area contributed by atoms with Gasteiger partial charge in [0.1, 0.15) is 24.1 Å². The highest BCUT2D eigenvalue weighted by molar-refractivity contribution is 7.92. The van der Waals surface area contributed by atoms with Gasteiger partial charge in [0.2, 0.25) is 11.8 Å². The van der Waals surface area contributed by atoms with Crippen molar-refractivity contribution in [3.8, 4) is 11.5 Å². The summed E-state index contributed by atoms with van der Waals surface area (Å²) in [5.41, 5.74) is 1.91. The Morgan fingerprint density at radius 2 is 1.67 bits per heavy atom. The third-order valence-electron chi connectivity index (χ3n) is 8.15. The molecule has 10 heteroatoms. The summed E-state index contributed by atoms with van der Waals surface area (Å²) < 4.78 is 40.8. The smallest absolute Gasteiger partial charge is 0.264 e. The van der Waals surface area contributed by atoms with Gasteiger partial charge in [0.05, 0.1) is 24.3 Å². The lowest BCUT2D eigenvalue weighted by Gasteiger charge is -2.34. The van der Waals surface area contributed by atoms with Crippen LogP contribution < -0.4 is 19.1 Å². The molecule has 1 aliphatic carbocycles. The molecule has 4 rings (SSSR count). The second-order valence-electron chi connectivity index (χ2n) is 11.4. The minimum Gasteiger partial charge on any atom is -0.497 e. The zero-order chi connectivity index (χ0) is 32.4. The van der Waals surface area contributed by atoms with Crippen LogP contribution in [-0.2, 0) is 26.2 Å². The van der Waals surface area contributed by atoms with Crippen LogP contribution in [0.25, 0.3) is 0 Å². The number of ether oxygens (including phenoxy) is 2. The Labute approximate surface area is 267 Å². The summed E-state index contributed by atoms with van der Waals surface area (Å²) in [6, 6.07) is 19.8. The Balaban J connectivity index is 1.75. The van der Waals surface area contributed by atoms with Crippen molar-refractivity contribution >= 4 is 27.5 Å². The fourth-order valence-electron chi connectivity index (χ4n) is 5.72. The summed E-state index contributed by atoms with van der Waals surface area (Å²) >= 11 is 0. The standard InChI is InChI=1S/C35H45N3O6S/c1-5-31(35(40)36-28-14-8-7-9-15-28)37(24-27-13-12-16-29(23-27)43-4)34(39)25-38(32-17-10-11-18-33(32)44-6-2)45(41,42)30-21-19-26(3)20-22-30/h10-13,16-23,28,31H,5-9,14-15,24-25H2,1-4H3,(H,36,40)/t31-/m0/s1. The molecule has 0 radical (unpaired) electrons. The Morgan fingerprint density at radius 3 is 2.33 bits per heavy atom. The molecule has 45 heavy (non-hydrogen) atoms. The van der Waals surface area contributed by atoms with E-state index in [0.717, 1.165) is 47.5 Å². The number of carbonyl (C=O) groups is 2. The van der Waals surface area contributed by atoms with Gasteiger partial charge < -0.3 is 19.7 Å². The monoisotopic (exact) mass is 635 g/mol. The highest BCUT2D eigenvalue weighted by atomic mass is 32.2. The van der Waals surface area contributed by atoms with Crippen molar-refractivity contribution < 1.29 is 27.5 Å². The van der Waals surface area contributed by atoms with Crippen LogP contribution >= 0.6 is 0 Å². The number of benzene rings is 3. The predicted octanol–water partition coefficient (Wildman–Crippen LogP) is 5.85. The minimum absolute atomic E-state index is 0.0497. The van der Waals surface area contributed by atoms with E-state index in [4.69, 9.17) is 9.47 Å². The van der Waals surface area contributed by atoms with Gasteiger partial charge in [-0.1, -0.05) is 68.1 Å². The summed E-state index contributed by atoms with van der Waals surface area (Å²) in [6.45, 7) is 5.43. The summed E-state index contributed by atoms with van der Waals surface area (Å²) in [5.74, 6) is 0.215. The highest BCUT2D eigenvalue weighted by Crippen LogP contribution is 2.33. The van der Waals surface area contributed by atoms with Crippen molar-refractivity contribution in [1.29, 1.82) is 0 Å². The SMILES string of the molecule is CCOc1ccccc1N(CC(=O)N(Cc1cccc(OC)c1)[C@@H](CC)C(=O)NC1CCCCC1)S(=O)(=O)c1ccc(C)cc1. The number of hydrogen-bond donors (Lipinski definition) is 1. The molecule has 3 aromatic rings. The molecule has 9 nitrogen and oxygen atoms in total. The van der Waals surface area contributed by atoms with E-state index in [1.54, 1.807) is 43.5 Å². The van der Waals surface area contributed by atoms with Crippen LogP contribution in [0.5, 0.6) is 11.5 Å². The number of aryl methyl sites for hydroxylation is 1. The lowest BCUT2D eigenvalue weighted by molar-refractivity contribution is -0.140. The lowest BCUT2D eigenvalue weighted by Crippen LogP contribution is -2.54. The number of methoxy groups -OCH3 is 1. The molecule has 0 unspecified atom stereocenters. The maximum absolute atomic E-state index is 14.5. The Hall–Kier alpha value is -4.05. The van der Waals surface area contributed by atoms with Crippen molar-refractivity contribution in [2.24, 2.45) is 0 Å². The Bertz CT molecular complexity index is 1540. The van der Waals surface area contributed by atoms with Crippen molar-refractivity contribution in [2.45, 2.75) is 82.8 Å². The number of amides is 2. The first-order chi connectivity index (χ1) is 21.7. The van der Waals surface area contributed by atoms with Crippen LogP contribution in [0, 0.1) is 6.92 Å². The quantitative estimate of drug-likeness (QED) is 0.238. The first-order valence-electron chi connectivity index (χ1n) is 15.7. The lowest BCUT2D eigenvalue weighted by atomic mass is 9.95. The van der Waals surface area contributed by atoms with Gasteiger partial charge in [-0.25, -0.2) is 8.42 Å². The number of anilines is 1. The minimum atomic E-state index is -4.21. The fourth-order valence-corrected chi connectivity index (χ4v) is 7.15. The fraction of sp³-hybridized carbons (Fsp3) is 0.429. The van der Waals surface area contributed by atoms with E-state index in [1.165, 1.54) is 17.0 Å². The molecule has 1 atom stereocenters. The Kier molecular flexibility index (Phi) is 11.9. The molecule has 1 N–H and O–H groups in total. The van der Waals surface area contributed by atoms with Crippen molar-refractivity contribution in [3.05, 3.63) is 83.9 Å². The van der Waals surface area contributed by atoms with Gasteiger partial charge in [-0.05, 0) is 75.1 Å². The molecule has 242 valence electrons. The maximum atomic E-state index is 14.5. The van der Waals surface area contributed by atoms with Crippen molar-refractivity contribution in [1.82, 2.24) is 10.2 Å². The second-order valence-corrected chi connectivity index (χ2v) is 13.2. The number of nitrogens with one attached hydrogen (secondary N) is 1. The topological polar surface area (TPSA) is 105 Å². The Morgan fingerprint density at radius 1 is 0.956 bits per heavy atom. The zero-order valence-corrected chi connectivity index (χ0v) is 27.5. The number of hydrogen-bond acceptors (Lipinski definition) is 6. The van der Waals surface area contributed by atoms with Gasteiger partial charge in [-0.15, -0.1) is 0 Å². The summed E-state index contributed by atoms with van der Waals surface area (Å²) in [7, 11) is -2.65. The molecular formula is C35H45N3O6S. The highest BCUT2D eigenvalue weighted by Gasteiger charge is 2.35. The van der Waals surface area contributed by atoms with E-state index in [2.05, 4.69) is 5.32 Å². The van der Waals surface area contributed by atoms with E-state index in [0.29, 0.717) is 24.5 Å². The third-order valence-corrected chi connectivity index (χ3v) is 9.92. The van der Waals surface area contributed by atoms with Crippen LogP contribution in [-0.4, -0.2) is 57.5 Å². The molecule has 0 aliphatic heterocycles. The molecule has 1 saturated carbocycles. The van der Waals surface area contributed by atoms with Gasteiger partial charge in [-0.3, -0.25) is 13.9 Å². The molecule has 3 aromatic carbocycles. The molecule has 0 saturated heterocycles. The van der Waals surface area contributed by atoms with Gasteiger partial charge in [0.15, 0.2) is 0 Å². The molecular weight excluding hydrogens is 590 g/mol. The number of carbonyl (C=O) groups excluding carboxylic acids is 2. The number of para-hydroxylation sites is 2. The summed E-state index contributed by atoms with van der Waals surface area (Å²) in [4.78, 5) is 29.8. The molecule has 2 amide bonds. The first kappa shape index (κ1) is 33.8. The van der Waals surface area contributed by atoms with Crippen LogP contribution in [0.2, 0.25) is 0 Å². The van der Waals surface area contributed by atoms with Crippen LogP contribution in [0.3, 0.4) is 0 Å². The van der Waals surface area contributed by atoms with Crippen molar-refractivity contribution in [2.75, 3.05) is 24.6 Å². The van der Waals surface area contributed by atoms with Crippen LogP contribution in [0.4, 0.5) is 5.69 Å². The summed E-state index contributed by atoms with van der Waals surface area (Å²) in [5, 5.41) is 3.18. The molecule has 0 aromatic heterocycles. The van der Waals surface area contributed by atoms with E-state index < -0.39 is 28.5 Å². The summed E-state index contributed by atoms with van der Waals surface area (Å²) in [6.07, 6.45) is 5.43. The van der Waals surface area contributed by atoms with E-state index >= 15 is 0 Å². The van der Waals surface area contributed by atoms with E-state index in [-0.39, 0.29) is 29.1 Å². The van der Waals surface area contributed by atoms with E-state index in [1.807, 2.05) is 45.0 Å². The van der Waals surface area contributed by atoms with E-state index in [9.17, 15) is 18.0 Å². The maximum Gasteiger partial charge on any atom is 0.264 e. The average molecular weight is 636 g/mol. The zero-order valence-electron chi connectivity index (χ0n) is 26.7. The molecule has 1 aliphatic rings. The average Bonchev–Trinajstić information content (AvgIpc) is 3.04. The van der Waals surface area contributed by atoms with Gasteiger partial charge in [0.25, 0.3) is 10.0 Å². The van der Waals surface area contributed by atoms with Crippen molar-refractivity contribution in [3.63, 3.8) is 0 Å². The van der Waals surface area contributed by atoms with Crippen LogP contribution in [0.15, 0.2) is 77.7 Å². The molecule has 0 spiro atoms. The van der Waals surface area contributed by atoms with Gasteiger partial charge in [0, 0.05) is 12.6 Å². The van der Waals surface area contributed by atoms with Gasteiger partial charge in [-0.2, -0.15) is 0 Å². The normalized spacial score (nSPS) is 14.3. The predicted molar refractivity (Wildman–Crippen MR) is 176 cm³/mol. The molecule has 0 bridgehead atoms. The number of rotatable bonds is 14. The third kappa shape index (κ3) is 8.57. The molecule has 1 fully saturated rings. The number of sulfonamides is 1. The molecule has 0 heterocycles. The van der Waals surface area contributed by atoms with Gasteiger partial charge >= 0.3 is 0 Å². The number of nitrogens with zero attached hydrogens (tertiary/aromatic N) is 2. The first-order valence-corrected chi connectivity index (χ1v) is 17.2.